The molecular formula is C30H32I2N4. The van der Waals surface area contributed by atoms with E-state index in [1.165, 1.54) is 69.3 Å². The first-order valence-electron chi connectivity index (χ1n) is 12.4. The van der Waals surface area contributed by atoms with Crippen LogP contribution < -0.4 is 57.1 Å². The molecule has 6 heteroatoms. The van der Waals surface area contributed by atoms with Crippen molar-refractivity contribution in [2.75, 3.05) is 0 Å². The van der Waals surface area contributed by atoms with Crippen molar-refractivity contribution >= 4 is 43.6 Å². The van der Waals surface area contributed by atoms with Crippen molar-refractivity contribution < 1.29 is 57.1 Å². The summed E-state index contributed by atoms with van der Waals surface area (Å²) in [6, 6.07) is 22.2. The number of para-hydroxylation sites is 2. The molecule has 4 nitrogen and oxygen atoms in total. The lowest BCUT2D eigenvalue weighted by molar-refractivity contribution is -0.670. The van der Waals surface area contributed by atoms with Crippen LogP contribution in [0.1, 0.15) is 25.7 Å². The molecular weight excluding hydrogens is 670 g/mol. The average molecular weight is 702 g/mol. The Morgan fingerprint density at radius 1 is 0.500 bits per heavy atom. The molecule has 36 heavy (non-hydrogen) atoms. The largest absolute Gasteiger partial charge is 1.00 e. The van der Waals surface area contributed by atoms with E-state index >= 15 is 0 Å². The van der Waals surface area contributed by atoms with Crippen molar-refractivity contribution in [1.29, 1.82) is 0 Å². The van der Waals surface area contributed by atoms with Crippen LogP contribution in [0.25, 0.3) is 43.6 Å². The fraction of sp³-hybridized carbons (Fsp3) is 0.267. The Kier molecular flexibility index (Phi) is 8.55. The van der Waals surface area contributed by atoms with Crippen LogP contribution in [0, 0.1) is 0 Å². The fourth-order valence-electron chi connectivity index (χ4n) is 5.58. The highest BCUT2D eigenvalue weighted by Gasteiger charge is 2.14. The summed E-state index contributed by atoms with van der Waals surface area (Å²) in [5.41, 5.74) is 5.39. The van der Waals surface area contributed by atoms with Crippen LogP contribution in [0.4, 0.5) is 0 Å². The second kappa shape index (κ2) is 11.5. The highest BCUT2D eigenvalue weighted by Crippen LogP contribution is 2.29. The van der Waals surface area contributed by atoms with Gasteiger partial charge in [-0.05, 0) is 25.0 Å². The van der Waals surface area contributed by atoms with E-state index in [0.29, 0.717) is 0 Å². The maximum absolute atomic E-state index is 2.51. The van der Waals surface area contributed by atoms with Gasteiger partial charge in [-0.15, -0.1) is 0 Å². The minimum Gasteiger partial charge on any atom is -1.00 e. The number of hydrogen-bond acceptors (Lipinski definition) is 0. The van der Waals surface area contributed by atoms with Gasteiger partial charge in [-0.1, -0.05) is 49.2 Å². The summed E-state index contributed by atoms with van der Waals surface area (Å²) >= 11 is 0. The van der Waals surface area contributed by atoms with Crippen LogP contribution in [0.5, 0.6) is 0 Å². The lowest BCUT2D eigenvalue weighted by atomic mass is 10.2. The number of aromatic nitrogens is 4. The smallest absolute Gasteiger partial charge is 0.178 e. The Morgan fingerprint density at radius 3 is 1.33 bits per heavy atom. The summed E-state index contributed by atoms with van der Waals surface area (Å²) in [6.07, 6.45) is 13.7. The molecule has 6 aromatic rings. The van der Waals surface area contributed by atoms with Crippen LogP contribution in [0.3, 0.4) is 0 Å². The maximum atomic E-state index is 2.51. The Balaban J connectivity index is 0.00000152. The summed E-state index contributed by atoms with van der Waals surface area (Å²) in [5, 5.41) is 5.41. The van der Waals surface area contributed by atoms with Crippen molar-refractivity contribution in [2.45, 2.75) is 38.8 Å². The fourth-order valence-corrected chi connectivity index (χ4v) is 5.58. The van der Waals surface area contributed by atoms with Crippen LogP contribution >= 0.6 is 0 Å². The van der Waals surface area contributed by atoms with Crippen molar-refractivity contribution in [3.05, 3.63) is 85.5 Å². The molecule has 0 fully saturated rings. The molecule has 186 valence electrons. The van der Waals surface area contributed by atoms with Crippen molar-refractivity contribution in [3.63, 3.8) is 0 Å². The monoisotopic (exact) mass is 702 g/mol. The zero-order chi connectivity index (χ0) is 23.1. The molecule has 0 aliphatic rings. The number of aryl methyl sites for hydroxylation is 4. The molecule has 0 saturated heterocycles. The molecule has 0 unspecified atom stereocenters. The molecule has 0 radical (unpaired) electrons. The van der Waals surface area contributed by atoms with Crippen LogP contribution in [-0.2, 0) is 27.2 Å². The topological polar surface area (TPSA) is 17.6 Å². The molecule has 2 aromatic carbocycles. The van der Waals surface area contributed by atoms with Gasteiger partial charge < -0.3 is 57.1 Å². The quantitative estimate of drug-likeness (QED) is 0.125. The van der Waals surface area contributed by atoms with E-state index < -0.39 is 0 Å². The molecule has 0 aliphatic carbocycles. The van der Waals surface area contributed by atoms with E-state index in [9.17, 15) is 0 Å². The van der Waals surface area contributed by atoms with Gasteiger partial charge in [0, 0.05) is 47.0 Å². The van der Waals surface area contributed by atoms with Gasteiger partial charge in [0.05, 0.1) is 21.8 Å². The van der Waals surface area contributed by atoms with Gasteiger partial charge in [0.25, 0.3) is 0 Å². The Hall–Kier alpha value is -2.20. The first-order chi connectivity index (χ1) is 16.7. The van der Waals surface area contributed by atoms with Crippen molar-refractivity contribution in [3.8, 4) is 0 Å². The van der Waals surface area contributed by atoms with E-state index in [1.54, 1.807) is 0 Å². The normalized spacial score (nSPS) is 11.3. The summed E-state index contributed by atoms with van der Waals surface area (Å²) in [4.78, 5) is 0. The third-order valence-corrected chi connectivity index (χ3v) is 7.22. The van der Waals surface area contributed by atoms with Gasteiger partial charge in [-0.25, -0.2) is 9.13 Å². The number of benzene rings is 2. The number of nitrogens with zero attached hydrogens (tertiary/aromatic N) is 4. The standard InChI is InChI=1S/C30H32N4.2HI/c1-31-19-15-29-25(21-31)23-11-5-7-13-27(23)33(29)17-9-3-4-10-18-34-28-14-8-6-12-24(28)26-22-32(2)20-16-30(26)34;;/h5-8,11-16,19-22H,3-4,9-10,17-18H2,1-2H3;2*1H/q+2;;/p-2. The van der Waals surface area contributed by atoms with E-state index in [4.69, 9.17) is 0 Å². The molecule has 0 spiro atoms. The maximum Gasteiger partial charge on any atom is 0.178 e. The van der Waals surface area contributed by atoms with Crippen LogP contribution in [0.2, 0.25) is 0 Å². The van der Waals surface area contributed by atoms with Gasteiger partial charge in [-0.3, -0.25) is 0 Å². The summed E-state index contributed by atoms with van der Waals surface area (Å²) in [5.74, 6) is 0. The van der Waals surface area contributed by atoms with E-state index in [2.05, 4.69) is 118 Å². The van der Waals surface area contributed by atoms with Gasteiger partial charge in [0.1, 0.15) is 14.1 Å². The molecule has 0 saturated carbocycles. The third kappa shape index (κ3) is 4.86. The highest BCUT2D eigenvalue weighted by atomic mass is 127. The van der Waals surface area contributed by atoms with Crippen LogP contribution in [0.15, 0.2) is 85.5 Å². The zero-order valence-electron chi connectivity index (χ0n) is 20.9. The molecule has 4 aromatic heterocycles. The Morgan fingerprint density at radius 2 is 0.889 bits per heavy atom. The summed E-state index contributed by atoms with van der Waals surface area (Å²) in [7, 11) is 4.20. The van der Waals surface area contributed by atoms with Gasteiger partial charge in [-0.2, -0.15) is 0 Å². The summed E-state index contributed by atoms with van der Waals surface area (Å²) < 4.78 is 9.32. The number of halogens is 2. The summed E-state index contributed by atoms with van der Waals surface area (Å²) in [6.45, 7) is 2.15. The highest BCUT2D eigenvalue weighted by molar-refractivity contribution is 6.08. The Labute approximate surface area is 246 Å². The molecule has 0 bridgehead atoms. The second-order valence-electron chi connectivity index (χ2n) is 9.57. The molecule has 0 amide bonds. The number of unbranched alkanes of at least 4 members (excludes halogenated alkanes) is 3. The molecule has 0 N–H and O–H groups in total. The molecule has 6 rings (SSSR count). The molecule has 0 aliphatic heterocycles. The van der Waals surface area contributed by atoms with Gasteiger partial charge in [0.2, 0.25) is 0 Å². The van der Waals surface area contributed by atoms with E-state index in [1.807, 2.05) is 0 Å². The van der Waals surface area contributed by atoms with E-state index in [0.717, 1.165) is 13.1 Å². The lowest BCUT2D eigenvalue weighted by Gasteiger charge is -2.09. The molecule has 0 atom stereocenters. The van der Waals surface area contributed by atoms with Gasteiger partial charge in [0.15, 0.2) is 24.8 Å². The first-order valence-corrected chi connectivity index (χ1v) is 12.4. The lowest BCUT2D eigenvalue weighted by Crippen LogP contribution is -3.00. The minimum absolute atomic E-state index is 0. The zero-order valence-corrected chi connectivity index (χ0v) is 25.2. The first kappa shape index (κ1) is 26.9. The number of rotatable bonds is 7. The van der Waals surface area contributed by atoms with Crippen molar-refractivity contribution in [2.24, 2.45) is 14.1 Å². The Bertz CT molecular complexity index is 1520. The average Bonchev–Trinajstić information content (AvgIpc) is 3.33. The number of hydrogen-bond donors (Lipinski definition) is 0. The van der Waals surface area contributed by atoms with Gasteiger partial charge >= 0.3 is 0 Å². The minimum atomic E-state index is 0. The third-order valence-electron chi connectivity index (χ3n) is 7.22. The number of fused-ring (bicyclic) bond motifs is 6. The SMILES string of the molecule is C[n+]1ccc2c(c1)c1ccccc1n2CCCCCCn1c2ccccc2c2c[n+](C)ccc21.[I-].[I-]. The van der Waals surface area contributed by atoms with Crippen molar-refractivity contribution in [1.82, 2.24) is 9.13 Å². The molecule has 4 heterocycles. The second-order valence-corrected chi connectivity index (χ2v) is 9.57. The number of pyridine rings is 2. The predicted octanol–water partition coefficient (Wildman–Crippen LogP) is -0.180. The van der Waals surface area contributed by atoms with E-state index in [-0.39, 0.29) is 48.0 Å². The predicted molar refractivity (Wildman–Crippen MR) is 140 cm³/mol. The van der Waals surface area contributed by atoms with Crippen LogP contribution in [-0.4, -0.2) is 9.13 Å².